The molecule has 0 unspecified atom stereocenters. The minimum absolute atomic E-state index is 0.0619. The lowest BCUT2D eigenvalue weighted by Gasteiger charge is -2.30. The van der Waals surface area contributed by atoms with Crippen molar-refractivity contribution in [3.05, 3.63) is 193 Å². The molecule has 282 valence electrons. The van der Waals surface area contributed by atoms with Gasteiger partial charge >= 0.3 is 0 Å². The molecule has 0 aliphatic rings. The normalized spacial score (nSPS) is 12.3. The van der Waals surface area contributed by atoms with Gasteiger partial charge in [-0.15, -0.1) is 0 Å². The monoisotopic (exact) mass is 748 g/mol. The molecule has 10 aromatic rings. The lowest BCUT2D eigenvalue weighted by molar-refractivity contribution is 0.590. The number of hydrogen-bond acceptors (Lipinski definition) is 2. The smallest absolute Gasteiger partial charge is 0.0540 e. The molecule has 0 spiro atoms. The second-order valence-electron chi connectivity index (χ2n) is 17.9. The van der Waals surface area contributed by atoms with Crippen LogP contribution in [-0.4, -0.2) is 0 Å². The van der Waals surface area contributed by atoms with Gasteiger partial charge in [0, 0.05) is 33.5 Å². The molecule has 0 aromatic heterocycles. The van der Waals surface area contributed by atoms with Crippen molar-refractivity contribution in [1.29, 1.82) is 0 Å². The van der Waals surface area contributed by atoms with Crippen LogP contribution >= 0.6 is 0 Å². The fraction of sp³-hybridized carbons (Fsp3) is 0.143. The van der Waals surface area contributed by atoms with Crippen molar-refractivity contribution in [2.24, 2.45) is 0 Å². The molecule has 0 fully saturated rings. The van der Waals surface area contributed by atoms with Gasteiger partial charge in [-0.3, -0.25) is 0 Å². The Morgan fingerprint density at radius 2 is 0.621 bits per heavy atom. The average Bonchev–Trinajstić information content (AvgIpc) is 3.23. The maximum Gasteiger partial charge on any atom is 0.0540 e. The van der Waals surface area contributed by atoms with E-state index in [0.717, 1.165) is 34.1 Å². The molecule has 0 saturated carbocycles. The molecule has 0 radical (unpaired) electrons. The molecule has 10 aromatic carbocycles. The number of benzene rings is 10. The second kappa shape index (κ2) is 13.5. The zero-order chi connectivity index (χ0) is 39.8. The van der Waals surface area contributed by atoms with Gasteiger partial charge in [0.25, 0.3) is 0 Å². The second-order valence-corrected chi connectivity index (χ2v) is 17.9. The minimum atomic E-state index is 0.0619. The van der Waals surface area contributed by atoms with Crippen LogP contribution < -0.4 is 9.80 Å². The van der Waals surface area contributed by atoms with E-state index in [1.807, 2.05) is 0 Å². The fourth-order valence-corrected chi connectivity index (χ4v) is 8.87. The molecule has 0 aliphatic heterocycles. The molecule has 0 saturated heterocycles. The van der Waals surface area contributed by atoms with Gasteiger partial charge in [-0.05, 0) is 126 Å². The van der Waals surface area contributed by atoms with E-state index in [1.54, 1.807) is 0 Å². The van der Waals surface area contributed by atoms with Crippen LogP contribution in [0.5, 0.6) is 0 Å². The van der Waals surface area contributed by atoms with E-state index >= 15 is 0 Å². The van der Waals surface area contributed by atoms with E-state index in [9.17, 15) is 0 Å². The molecule has 2 nitrogen and oxygen atoms in total. The summed E-state index contributed by atoms with van der Waals surface area (Å²) in [6, 6.07) is 67.9. The molecule has 0 aliphatic carbocycles. The van der Waals surface area contributed by atoms with Gasteiger partial charge in [0.05, 0.1) is 11.4 Å². The molecule has 0 heterocycles. The summed E-state index contributed by atoms with van der Waals surface area (Å²) in [6.45, 7) is 13.7. The van der Waals surface area contributed by atoms with Gasteiger partial charge in [-0.25, -0.2) is 0 Å². The van der Waals surface area contributed by atoms with E-state index in [-0.39, 0.29) is 10.8 Å². The van der Waals surface area contributed by atoms with E-state index in [1.165, 1.54) is 65.0 Å². The first-order chi connectivity index (χ1) is 28.0. The number of fused-ring (bicyclic) bond motifs is 2. The number of anilines is 6. The highest BCUT2D eigenvalue weighted by atomic mass is 15.1. The van der Waals surface area contributed by atoms with Crippen molar-refractivity contribution >= 4 is 88.0 Å². The Kier molecular flexibility index (Phi) is 8.32. The standard InChI is InChI=1S/C56H48N2/c1-55(2,3)43-21-27-45(28-22-43)57(47-25-15-37-11-7-9-13-41(37)35-47)51-33-19-39-18-32-50-52(34-20-40-17-31-49(51)53(39)54(40)50)58(46-29-23-44(24-30-46)56(4,5)6)48-26-16-38-12-8-10-14-42(38)36-48/h7-36H,1-6H3. The van der Waals surface area contributed by atoms with Crippen molar-refractivity contribution in [1.82, 2.24) is 0 Å². The first-order valence-electron chi connectivity index (χ1n) is 20.5. The third-order valence-electron chi connectivity index (χ3n) is 12.1. The Bertz CT molecular complexity index is 2910. The predicted molar refractivity (Wildman–Crippen MR) is 252 cm³/mol. The van der Waals surface area contributed by atoms with Crippen molar-refractivity contribution in [3.8, 4) is 0 Å². The third-order valence-corrected chi connectivity index (χ3v) is 12.1. The summed E-state index contributed by atoms with van der Waals surface area (Å²) in [5.74, 6) is 0. The SMILES string of the molecule is CC(C)(C)c1ccc(N(c2ccc3ccccc3c2)c2ccc3ccc4c(N(c5ccc(C(C)(C)C)cc5)c5ccc6ccccc6c5)ccc5ccc2c3c54)cc1. The largest absolute Gasteiger partial charge is 0.310 e. The molecular weight excluding hydrogens is 701 g/mol. The maximum absolute atomic E-state index is 2.45. The van der Waals surface area contributed by atoms with E-state index < -0.39 is 0 Å². The number of hydrogen-bond donors (Lipinski definition) is 0. The molecular formula is C56H48N2. The molecule has 2 heteroatoms. The minimum Gasteiger partial charge on any atom is -0.310 e. The molecule has 58 heavy (non-hydrogen) atoms. The summed E-state index contributed by atoms with van der Waals surface area (Å²) < 4.78 is 0. The highest BCUT2D eigenvalue weighted by Gasteiger charge is 2.23. The maximum atomic E-state index is 2.45. The van der Waals surface area contributed by atoms with E-state index in [4.69, 9.17) is 0 Å². The lowest BCUT2D eigenvalue weighted by atomic mass is 9.87. The Hall–Kier alpha value is -6.64. The van der Waals surface area contributed by atoms with E-state index in [2.05, 4.69) is 233 Å². The van der Waals surface area contributed by atoms with Crippen molar-refractivity contribution in [3.63, 3.8) is 0 Å². The van der Waals surface area contributed by atoms with Crippen LogP contribution in [0, 0.1) is 0 Å². The topological polar surface area (TPSA) is 6.48 Å². The zero-order valence-electron chi connectivity index (χ0n) is 34.2. The summed E-state index contributed by atoms with van der Waals surface area (Å²) in [5, 5.41) is 12.4. The van der Waals surface area contributed by atoms with Crippen molar-refractivity contribution in [2.75, 3.05) is 9.80 Å². The Labute approximate surface area is 341 Å². The first-order valence-corrected chi connectivity index (χ1v) is 20.5. The van der Waals surface area contributed by atoms with Gasteiger partial charge in [-0.2, -0.15) is 0 Å². The van der Waals surface area contributed by atoms with Gasteiger partial charge < -0.3 is 9.80 Å². The van der Waals surface area contributed by atoms with Gasteiger partial charge in [0.1, 0.15) is 0 Å². The quantitative estimate of drug-likeness (QED) is 0.156. The first kappa shape index (κ1) is 35.8. The van der Waals surface area contributed by atoms with Crippen LogP contribution in [0.2, 0.25) is 0 Å². The average molecular weight is 749 g/mol. The molecule has 0 amide bonds. The summed E-state index contributed by atoms with van der Waals surface area (Å²) in [5.41, 5.74) is 9.64. The van der Waals surface area contributed by atoms with Gasteiger partial charge in [0.2, 0.25) is 0 Å². The van der Waals surface area contributed by atoms with Crippen molar-refractivity contribution < 1.29 is 0 Å². The van der Waals surface area contributed by atoms with Crippen LogP contribution in [0.1, 0.15) is 52.7 Å². The fourth-order valence-electron chi connectivity index (χ4n) is 8.87. The van der Waals surface area contributed by atoms with E-state index in [0.29, 0.717) is 0 Å². The van der Waals surface area contributed by atoms with Gasteiger partial charge in [0.15, 0.2) is 0 Å². The Morgan fingerprint density at radius 3 is 1.00 bits per heavy atom. The highest BCUT2D eigenvalue weighted by molar-refractivity contribution is 6.28. The number of nitrogens with zero attached hydrogens (tertiary/aromatic N) is 2. The van der Waals surface area contributed by atoms with Gasteiger partial charge in [-0.1, -0.05) is 163 Å². The summed E-state index contributed by atoms with van der Waals surface area (Å²) in [4.78, 5) is 4.90. The van der Waals surface area contributed by atoms with Crippen LogP contribution in [0.25, 0.3) is 53.9 Å². The zero-order valence-corrected chi connectivity index (χ0v) is 34.2. The number of rotatable bonds is 6. The third kappa shape index (κ3) is 6.12. The Morgan fingerprint density at radius 1 is 0.293 bits per heavy atom. The predicted octanol–water partition coefficient (Wildman–Crippen LogP) is 16.4. The summed E-state index contributed by atoms with van der Waals surface area (Å²) in [7, 11) is 0. The summed E-state index contributed by atoms with van der Waals surface area (Å²) in [6.07, 6.45) is 0. The Balaban J connectivity index is 1.21. The summed E-state index contributed by atoms with van der Waals surface area (Å²) >= 11 is 0. The van der Waals surface area contributed by atoms with Crippen LogP contribution in [-0.2, 0) is 10.8 Å². The highest BCUT2D eigenvalue weighted by Crippen LogP contribution is 2.48. The molecule has 0 N–H and O–H groups in total. The molecule has 0 bridgehead atoms. The van der Waals surface area contributed by atoms with Crippen LogP contribution in [0.3, 0.4) is 0 Å². The lowest BCUT2D eigenvalue weighted by Crippen LogP contribution is -2.14. The van der Waals surface area contributed by atoms with Crippen LogP contribution in [0.15, 0.2) is 182 Å². The van der Waals surface area contributed by atoms with Crippen molar-refractivity contribution in [2.45, 2.75) is 52.4 Å². The van der Waals surface area contributed by atoms with Crippen LogP contribution in [0.4, 0.5) is 34.1 Å². The molecule has 10 rings (SSSR count). The molecule has 0 atom stereocenters.